The summed E-state index contributed by atoms with van der Waals surface area (Å²) in [6, 6.07) is 30.6. The van der Waals surface area contributed by atoms with Crippen molar-refractivity contribution in [3.05, 3.63) is 120 Å². The van der Waals surface area contributed by atoms with Crippen LogP contribution < -0.4 is 14.4 Å². The second-order valence-corrected chi connectivity index (χ2v) is 11.6. The predicted molar refractivity (Wildman–Crippen MR) is 164 cm³/mol. The van der Waals surface area contributed by atoms with Gasteiger partial charge in [0.2, 0.25) is 11.8 Å². The highest BCUT2D eigenvalue weighted by molar-refractivity contribution is 7.92. The van der Waals surface area contributed by atoms with Gasteiger partial charge in [-0.1, -0.05) is 73.2 Å². The third-order valence-electron chi connectivity index (χ3n) is 6.78. The molecule has 2 amide bonds. The number of carbonyl (C=O) groups is 2. The minimum atomic E-state index is -4.15. The van der Waals surface area contributed by atoms with E-state index in [4.69, 9.17) is 4.74 Å². The maximum absolute atomic E-state index is 14.0. The van der Waals surface area contributed by atoms with Gasteiger partial charge in [0, 0.05) is 13.6 Å². The molecule has 4 aromatic carbocycles. The topological polar surface area (TPSA) is 96.0 Å². The minimum Gasteiger partial charge on any atom is -0.457 e. The predicted octanol–water partition coefficient (Wildman–Crippen LogP) is 5.54. The molecule has 0 aliphatic rings. The normalized spacial score (nSPS) is 11.8. The number of nitrogens with one attached hydrogen (secondary N) is 1. The zero-order valence-corrected chi connectivity index (χ0v) is 24.8. The Kier molecular flexibility index (Phi) is 9.98. The van der Waals surface area contributed by atoms with Crippen LogP contribution in [0, 0.1) is 6.92 Å². The first-order chi connectivity index (χ1) is 20.2. The third kappa shape index (κ3) is 7.36. The van der Waals surface area contributed by atoms with Crippen LogP contribution in [0.4, 0.5) is 5.69 Å². The van der Waals surface area contributed by atoms with Gasteiger partial charge in [0.25, 0.3) is 10.0 Å². The van der Waals surface area contributed by atoms with Gasteiger partial charge in [-0.3, -0.25) is 13.9 Å². The molecule has 0 aromatic heterocycles. The molecule has 4 aromatic rings. The molecule has 0 heterocycles. The summed E-state index contributed by atoms with van der Waals surface area (Å²) in [5.41, 5.74) is 2.14. The number of amides is 2. The number of hydrogen-bond acceptors (Lipinski definition) is 5. The van der Waals surface area contributed by atoms with E-state index in [2.05, 4.69) is 5.32 Å². The molecule has 218 valence electrons. The molecule has 1 N–H and O–H groups in total. The molecular formula is C33H35N3O5S. The van der Waals surface area contributed by atoms with E-state index in [0.29, 0.717) is 17.9 Å². The lowest BCUT2D eigenvalue weighted by molar-refractivity contribution is -0.140. The number of ether oxygens (including phenoxy) is 1. The van der Waals surface area contributed by atoms with Crippen molar-refractivity contribution in [3.8, 4) is 11.5 Å². The number of carbonyl (C=O) groups excluding carboxylic acids is 2. The quantitative estimate of drug-likeness (QED) is 0.236. The minimum absolute atomic E-state index is 0.0472. The Morgan fingerprint density at radius 1 is 0.833 bits per heavy atom. The number of anilines is 1. The maximum Gasteiger partial charge on any atom is 0.264 e. The highest BCUT2D eigenvalue weighted by Gasteiger charge is 2.33. The van der Waals surface area contributed by atoms with Gasteiger partial charge in [-0.2, -0.15) is 0 Å². The van der Waals surface area contributed by atoms with Crippen LogP contribution in [-0.2, 0) is 26.2 Å². The Balaban J connectivity index is 1.71. The average molecular weight is 586 g/mol. The van der Waals surface area contributed by atoms with Gasteiger partial charge in [-0.15, -0.1) is 0 Å². The van der Waals surface area contributed by atoms with E-state index in [9.17, 15) is 18.0 Å². The van der Waals surface area contributed by atoms with Crippen LogP contribution in [0.1, 0.15) is 24.5 Å². The van der Waals surface area contributed by atoms with Crippen molar-refractivity contribution in [1.29, 1.82) is 0 Å². The van der Waals surface area contributed by atoms with Crippen molar-refractivity contribution in [2.24, 2.45) is 0 Å². The molecular weight excluding hydrogens is 550 g/mol. The standard InChI is InChI=1S/C33H35N3O5S/c1-4-31(33(38)34-3)35(23-26-13-11-12-25(2)22-26)32(37)24-36(42(39,40)30-16-9-6-10-17-30)27-18-20-29(21-19-27)41-28-14-7-5-8-15-28/h5-22,31H,4,23-24H2,1-3H3,(H,34,38)/t31-/m0/s1. The van der Waals surface area contributed by atoms with E-state index in [1.54, 1.807) is 42.5 Å². The Bertz CT molecular complexity index is 1590. The van der Waals surface area contributed by atoms with Crippen LogP contribution in [0.25, 0.3) is 0 Å². The molecule has 0 unspecified atom stereocenters. The zero-order valence-electron chi connectivity index (χ0n) is 23.9. The smallest absolute Gasteiger partial charge is 0.264 e. The lowest BCUT2D eigenvalue weighted by Crippen LogP contribution is -2.51. The number of nitrogens with zero attached hydrogens (tertiary/aromatic N) is 2. The van der Waals surface area contributed by atoms with Crippen molar-refractivity contribution < 1.29 is 22.7 Å². The largest absolute Gasteiger partial charge is 0.457 e. The second-order valence-electron chi connectivity index (χ2n) is 9.78. The molecule has 8 nitrogen and oxygen atoms in total. The van der Waals surface area contributed by atoms with E-state index >= 15 is 0 Å². The van der Waals surface area contributed by atoms with Crippen molar-refractivity contribution in [3.63, 3.8) is 0 Å². The van der Waals surface area contributed by atoms with Gasteiger partial charge in [-0.25, -0.2) is 8.42 Å². The van der Waals surface area contributed by atoms with Crippen LogP contribution in [0.3, 0.4) is 0 Å². The molecule has 0 saturated carbocycles. The van der Waals surface area contributed by atoms with Crippen LogP contribution in [0.15, 0.2) is 114 Å². The van der Waals surface area contributed by atoms with Crippen LogP contribution in [0.2, 0.25) is 0 Å². The van der Waals surface area contributed by atoms with Crippen LogP contribution >= 0.6 is 0 Å². The summed E-state index contributed by atoms with van der Waals surface area (Å²) in [4.78, 5) is 28.4. The molecule has 0 aliphatic carbocycles. The Labute approximate surface area is 247 Å². The molecule has 4 rings (SSSR count). The van der Waals surface area contributed by atoms with E-state index in [1.807, 2.05) is 68.4 Å². The summed E-state index contributed by atoms with van der Waals surface area (Å²) in [7, 11) is -2.63. The Morgan fingerprint density at radius 3 is 2.05 bits per heavy atom. The lowest BCUT2D eigenvalue weighted by Gasteiger charge is -2.33. The third-order valence-corrected chi connectivity index (χ3v) is 8.57. The molecule has 0 radical (unpaired) electrons. The number of aryl methyl sites for hydroxylation is 1. The summed E-state index contributed by atoms with van der Waals surface area (Å²) >= 11 is 0. The fourth-order valence-electron chi connectivity index (χ4n) is 4.65. The summed E-state index contributed by atoms with van der Waals surface area (Å²) in [6.07, 6.45) is 0.355. The van der Waals surface area contributed by atoms with E-state index in [0.717, 1.165) is 15.4 Å². The van der Waals surface area contributed by atoms with Crippen molar-refractivity contribution in [1.82, 2.24) is 10.2 Å². The average Bonchev–Trinajstić information content (AvgIpc) is 3.01. The van der Waals surface area contributed by atoms with Gasteiger partial charge < -0.3 is 15.0 Å². The highest BCUT2D eigenvalue weighted by Crippen LogP contribution is 2.28. The molecule has 0 spiro atoms. The number of likely N-dealkylation sites (N-methyl/N-ethyl adjacent to an activating group) is 1. The number of para-hydroxylation sites is 1. The molecule has 9 heteroatoms. The first-order valence-electron chi connectivity index (χ1n) is 13.7. The van der Waals surface area contributed by atoms with Gasteiger partial charge >= 0.3 is 0 Å². The van der Waals surface area contributed by atoms with Crippen molar-refractivity contribution in [2.45, 2.75) is 37.8 Å². The highest BCUT2D eigenvalue weighted by atomic mass is 32.2. The summed E-state index contributed by atoms with van der Waals surface area (Å²) in [5, 5.41) is 2.64. The van der Waals surface area contributed by atoms with Crippen molar-refractivity contribution >= 4 is 27.5 Å². The van der Waals surface area contributed by atoms with E-state index in [-0.39, 0.29) is 23.0 Å². The number of rotatable bonds is 12. The maximum atomic E-state index is 14.0. The summed E-state index contributed by atoms with van der Waals surface area (Å²) in [5.74, 6) is 0.329. The van der Waals surface area contributed by atoms with Gasteiger partial charge in [0.05, 0.1) is 10.6 Å². The van der Waals surface area contributed by atoms with Crippen LogP contribution in [-0.4, -0.2) is 44.8 Å². The number of sulfonamides is 1. The van der Waals surface area contributed by atoms with E-state index in [1.165, 1.54) is 24.1 Å². The first-order valence-corrected chi connectivity index (χ1v) is 15.1. The van der Waals surface area contributed by atoms with Crippen molar-refractivity contribution in [2.75, 3.05) is 17.9 Å². The van der Waals surface area contributed by atoms with Gasteiger partial charge in [0.15, 0.2) is 0 Å². The first kappa shape index (κ1) is 30.3. The number of benzene rings is 4. The lowest BCUT2D eigenvalue weighted by atomic mass is 10.1. The van der Waals surface area contributed by atoms with Gasteiger partial charge in [0.1, 0.15) is 24.1 Å². The SMILES string of the molecule is CC[C@@H](C(=O)NC)N(Cc1cccc(C)c1)C(=O)CN(c1ccc(Oc2ccccc2)cc1)S(=O)(=O)c1ccccc1. The second kappa shape index (κ2) is 13.8. The molecule has 0 aliphatic heterocycles. The molecule has 42 heavy (non-hydrogen) atoms. The number of hydrogen-bond donors (Lipinski definition) is 1. The molecule has 1 atom stereocenters. The summed E-state index contributed by atoms with van der Waals surface area (Å²) in [6.45, 7) is 3.41. The van der Waals surface area contributed by atoms with E-state index < -0.39 is 28.5 Å². The fraction of sp³-hybridized carbons (Fsp3) is 0.212. The fourth-order valence-corrected chi connectivity index (χ4v) is 6.08. The van der Waals surface area contributed by atoms with Gasteiger partial charge in [-0.05, 0) is 67.4 Å². The molecule has 0 fully saturated rings. The summed E-state index contributed by atoms with van der Waals surface area (Å²) < 4.78 is 34.8. The molecule has 0 bridgehead atoms. The zero-order chi connectivity index (χ0) is 30.1. The Hall–Kier alpha value is -4.63. The van der Waals surface area contributed by atoms with Crippen LogP contribution in [0.5, 0.6) is 11.5 Å². The Morgan fingerprint density at radius 2 is 1.45 bits per heavy atom. The monoisotopic (exact) mass is 585 g/mol. The molecule has 0 saturated heterocycles.